The summed E-state index contributed by atoms with van der Waals surface area (Å²) in [6, 6.07) is 13.5. The van der Waals surface area contributed by atoms with Gasteiger partial charge in [0.15, 0.2) is 0 Å². The van der Waals surface area contributed by atoms with Gasteiger partial charge in [-0.25, -0.2) is 4.79 Å². The molecule has 2 unspecified atom stereocenters. The standard InChI is InChI=1S/C23H27N3O3/c1-16(26-12-11-20(29-22(26)28)13-23(2,3)15-24)17-5-7-18(8-6-17)19-9-10-21(27)25(4)14-19/h5-10,14,16,20H,11-13H2,1-4H3. The summed E-state index contributed by atoms with van der Waals surface area (Å²) in [5.74, 6) is 0. The van der Waals surface area contributed by atoms with Crippen molar-refractivity contribution in [2.75, 3.05) is 6.54 Å². The molecule has 6 heteroatoms. The second kappa shape index (κ2) is 8.12. The van der Waals surface area contributed by atoms with Crippen molar-refractivity contribution in [3.63, 3.8) is 0 Å². The smallest absolute Gasteiger partial charge is 0.410 e. The number of amides is 1. The molecule has 1 saturated heterocycles. The zero-order valence-electron chi connectivity index (χ0n) is 17.4. The number of hydrogen-bond donors (Lipinski definition) is 0. The number of carbonyl (C=O) groups is 1. The lowest BCUT2D eigenvalue weighted by Crippen LogP contribution is -2.44. The van der Waals surface area contributed by atoms with E-state index in [9.17, 15) is 14.9 Å². The van der Waals surface area contributed by atoms with E-state index in [4.69, 9.17) is 4.74 Å². The van der Waals surface area contributed by atoms with Crippen molar-refractivity contribution in [2.24, 2.45) is 12.5 Å². The molecule has 1 aromatic heterocycles. The van der Waals surface area contributed by atoms with Crippen LogP contribution in [0.5, 0.6) is 0 Å². The van der Waals surface area contributed by atoms with Gasteiger partial charge in [-0.05, 0) is 43.5 Å². The van der Waals surface area contributed by atoms with Crippen LogP contribution in [-0.4, -0.2) is 28.2 Å². The fourth-order valence-electron chi connectivity index (χ4n) is 3.65. The summed E-state index contributed by atoms with van der Waals surface area (Å²) in [7, 11) is 1.73. The highest BCUT2D eigenvalue weighted by atomic mass is 16.6. The Morgan fingerprint density at radius 2 is 1.83 bits per heavy atom. The molecule has 152 valence electrons. The number of aromatic nitrogens is 1. The summed E-state index contributed by atoms with van der Waals surface area (Å²) in [5, 5.41) is 9.20. The van der Waals surface area contributed by atoms with Crippen LogP contribution in [-0.2, 0) is 11.8 Å². The summed E-state index contributed by atoms with van der Waals surface area (Å²) < 4.78 is 7.16. The first-order valence-electron chi connectivity index (χ1n) is 9.86. The Morgan fingerprint density at radius 1 is 1.17 bits per heavy atom. The predicted molar refractivity (Wildman–Crippen MR) is 111 cm³/mol. The molecule has 0 aliphatic carbocycles. The van der Waals surface area contributed by atoms with Crippen molar-refractivity contribution < 1.29 is 9.53 Å². The summed E-state index contributed by atoms with van der Waals surface area (Å²) in [5.41, 5.74) is 2.45. The fraction of sp³-hybridized carbons (Fsp3) is 0.435. The van der Waals surface area contributed by atoms with Crippen LogP contribution in [0.15, 0.2) is 47.4 Å². The van der Waals surface area contributed by atoms with Gasteiger partial charge in [0.2, 0.25) is 5.56 Å². The van der Waals surface area contributed by atoms with Crippen molar-refractivity contribution in [3.05, 3.63) is 58.5 Å². The van der Waals surface area contributed by atoms with E-state index in [2.05, 4.69) is 6.07 Å². The van der Waals surface area contributed by atoms with E-state index in [1.165, 1.54) is 0 Å². The third-order valence-corrected chi connectivity index (χ3v) is 5.51. The molecule has 0 saturated carbocycles. The minimum absolute atomic E-state index is 0.0425. The minimum atomic E-state index is -0.504. The van der Waals surface area contributed by atoms with Crippen LogP contribution >= 0.6 is 0 Å². The van der Waals surface area contributed by atoms with Gasteiger partial charge in [0, 0.05) is 38.7 Å². The minimum Gasteiger partial charge on any atom is -0.446 e. The summed E-state index contributed by atoms with van der Waals surface area (Å²) in [6.07, 6.45) is 2.53. The quantitative estimate of drug-likeness (QED) is 0.760. The van der Waals surface area contributed by atoms with Gasteiger partial charge < -0.3 is 14.2 Å². The lowest BCUT2D eigenvalue weighted by atomic mass is 9.87. The van der Waals surface area contributed by atoms with E-state index in [0.29, 0.717) is 13.0 Å². The molecule has 3 rings (SSSR count). The third-order valence-electron chi connectivity index (χ3n) is 5.51. The highest BCUT2D eigenvalue weighted by molar-refractivity contribution is 5.69. The van der Waals surface area contributed by atoms with Crippen LogP contribution in [0.4, 0.5) is 4.79 Å². The van der Waals surface area contributed by atoms with Gasteiger partial charge in [0.05, 0.1) is 17.5 Å². The molecule has 2 heterocycles. The fourth-order valence-corrected chi connectivity index (χ4v) is 3.65. The highest BCUT2D eigenvalue weighted by Crippen LogP contribution is 2.31. The van der Waals surface area contributed by atoms with Crippen LogP contribution < -0.4 is 5.56 Å². The highest BCUT2D eigenvalue weighted by Gasteiger charge is 2.34. The molecule has 1 aliphatic rings. The first-order valence-corrected chi connectivity index (χ1v) is 9.86. The molecule has 29 heavy (non-hydrogen) atoms. The molecule has 0 bridgehead atoms. The number of cyclic esters (lactones) is 1. The summed E-state index contributed by atoms with van der Waals surface area (Å²) >= 11 is 0. The molecule has 0 N–H and O–H groups in total. The topological polar surface area (TPSA) is 75.3 Å². The maximum atomic E-state index is 12.5. The number of benzene rings is 1. The van der Waals surface area contributed by atoms with Gasteiger partial charge in [0.25, 0.3) is 0 Å². The lowest BCUT2D eigenvalue weighted by molar-refractivity contribution is 0.000798. The van der Waals surface area contributed by atoms with Crippen molar-refractivity contribution in [3.8, 4) is 17.2 Å². The van der Waals surface area contributed by atoms with Crippen molar-refractivity contribution in [1.82, 2.24) is 9.47 Å². The molecule has 2 aromatic rings. The Hall–Kier alpha value is -3.07. The summed E-state index contributed by atoms with van der Waals surface area (Å²) in [4.78, 5) is 25.8. The first-order chi connectivity index (χ1) is 13.7. The van der Waals surface area contributed by atoms with Crippen LogP contribution in [0.3, 0.4) is 0 Å². The average Bonchev–Trinajstić information content (AvgIpc) is 2.69. The largest absolute Gasteiger partial charge is 0.446 e. The second-order valence-electron chi connectivity index (χ2n) is 8.35. The first kappa shape index (κ1) is 20.7. The van der Waals surface area contributed by atoms with E-state index in [1.54, 1.807) is 22.6 Å². The molecule has 1 amide bonds. The van der Waals surface area contributed by atoms with E-state index in [-0.39, 0.29) is 23.8 Å². The number of carbonyl (C=O) groups excluding carboxylic acids is 1. The number of ether oxygens (including phenoxy) is 1. The normalized spacial score (nSPS) is 18.1. The second-order valence-corrected chi connectivity index (χ2v) is 8.35. The SMILES string of the molecule is CC(c1ccc(-c2ccc(=O)n(C)c2)cc1)N1CCC(CC(C)(C)C#N)OC1=O. The zero-order chi connectivity index (χ0) is 21.2. The van der Waals surface area contributed by atoms with E-state index in [0.717, 1.165) is 23.1 Å². The Balaban J connectivity index is 1.68. The van der Waals surface area contributed by atoms with Crippen molar-refractivity contribution in [1.29, 1.82) is 5.26 Å². The predicted octanol–water partition coefficient (Wildman–Crippen LogP) is 4.26. The molecule has 1 fully saturated rings. The van der Waals surface area contributed by atoms with Crippen LogP contribution in [0, 0.1) is 16.7 Å². The maximum Gasteiger partial charge on any atom is 0.410 e. The third kappa shape index (κ3) is 4.68. The molecule has 2 atom stereocenters. The van der Waals surface area contributed by atoms with E-state index < -0.39 is 5.41 Å². The van der Waals surface area contributed by atoms with Crippen molar-refractivity contribution in [2.45, 2.75) is 45.8 Å². The van der Waals surface area contributed by atoms with Crippen LogP contribution in [0.25, 0.3) is 11.1 Å². The number of hydrogen-bond acceptors (Lipinski definition) is 4. The molecule has 6 nitrogen and oxygen atoms in total. The Kier molecular flexibility index (Phi) is 5.78. The van der Waals surface area contributed by atoms with E-state index in [1.807, 2.05) is 57.3 Å². The molecule has 1 aliphatic heterocycles. The monoisotopic (exact) mass is 393 g/mol. The van der Waals surface area contributed by atoms with Gasteiger partial charge in [-0.3, -0.25) is 4.79 Å². The number of aryl methyl sites for hydroxylation is 1. The van der Waals surface area contributed by atoms with Gasteiger partial charge in [0.1, 0.15) is 6.10 Å². The molecule has 0 spiro atoms. The van der Waals surface area contributed by atoms with Crippen molar-refractivity contribution >= 4 is 6.09 Å². The average molecular weight is 393 g/mol. The lowest BCUT2D eigenvalue weighted by Gasteiger charge is -2.37. The van der Waals surface area contributed by atoms with Gasteiger partial charge in [-0.2, -0.15) is 5.26 Å². The molecule has 0 radical (unpaired) electrons. The number of nitrogens with zero attached hydrogens (tertiary/aromatic N) is 3. The summed E-state index contributed by atoms with van der Waals surface area (Å²) in [6.45, 7) is 6.32. The van der Waals surface area contributed by atoms with Gasteiger partial charge in [-0.1, -0.05) is 24.3 Å². The molecular formula is C23H27N3O3. The number of rotatable bonds is 5. The molecule has 1 aromatic carbocycles. The van der Waals surface area contributed by atoms with E-state index >= 15 is 0 Å². The Bertz CT molecular complexity index is 986. The number of pyridine rings is 1. The van der Waals surface area contributed by atoms with Crippen LogP contribution in [0.2, 0.25) is 0 Å². The Labute approximate surface area is 171 Å². The number of nitriles is 1. The molecular weight excluding hydrogens is 366 g/mol. The van der Waals surface area contributed by atoms with Crippen LogP contribution in [0.1, 0.15) is 45.2 Å². The van der Waals surface area contributed by atoms with Gasteiger partial charge in [-0.15, -0.1) is 0 Å². The maximum absolute atomic E-state index is 12.5. The van der Waals surface area contributed by atoms with Gasteiger partial charge >= 0.3 is 6.09 Å². The Morgan fingerprint density at radius 3 is 2.41 bits per heavy atom. The zero-order valence-corrected chi connectivity index (χ0v) is 17.4.